The molecule has 1 aliphatic heterocycles. The Kier molecular flexibility index (Phi) is 7.22. The molecule has 23 heavy (non-hydrogen) atoms. The number of hydrogen-bond donors (Lipinski definition) is 1. The molecule has 1 aromatic rings. The van der Waals surface area contributed by atoms with Gasteiger partial charge < -0.3 is 15.0 Å². The van der Waals surface area contributed by atoms with E-state index in [1.54, 1.807) is 24.1 Å². The highest BCUT2D eigenvalue weighted by Crippen LogP contribution is 2.26. The topological polar surface area (TPSA) is 41.6 Å². The fraction of sp³-hybridized carbons (Fsp3) is 0.562. The first-order valence-corrected chi connectivity index (χ1v) is 7.51. The van der Waals surface area contributed by atoms with Crippen LogP contribution < -0.4 is 10.1 Å². The molecular formula is C16H23ClF2N2O2. The second kappa shape index (κ2) is 8.45. The van der Waals surface area contributed by atoms with E-state index in [2.05, 4.69) is 10.1 Å². The molecule has 1 amide bonds. The van der Waals surface area contributed by atoms with Crippen molar-refractivity contribution >= 4 is 18.3 Å². The summed E-state index contributed by atoms with van der Waals surface area (Å²) in [5.74, 6) is 0.204. The number of nitrogens with zero attached hydrogens (tertiary/aromatic N) is 1. The van der Waals surface area contributed by atoms with E-state index in [0.717, 1.165) is 31.4 Å². The van der Waals surface area contributed by atoms with Gasteiger partial charge in [0.15, 0.2) is 0 Å². The van der Waals surface area contributed by atoms with E-state index in [0.29, 0.717) is 6.54 Å². The van der Waals surface area contributed by atoms with Crippen LogP contribution in [0.2, 0.25) is 0 Å². The summed E-state index contributed by atoms with van der Waals surface area (Å²) in [5.41, 5.74) is 0.426. The Hall–Kier alpha value is -1.40. The molecule has 0 saturated carbocycles. The SMILES string of the molecule is CCC1(C(=O)N(C)Cc2ccc(OC(F)F)cc2)CCCN1.Cl. The Morgan fingerprint density at radius 3 is 2.52 bits per heavy atom. The summed E-state index contributed by atoms with van der Waals surface area (Å²) in [4.78, 5) is 14.3. The van der Waals surface area contributed by atoms with Crippen molar-refractivity contribution in [2.24, 2.45) is 0 Å². The Bertz CT molecular complexity index is 505. The fourth-order valence-corrected chi connectivity index (χ4v) is 2.93. The monoisotopic (exact) mass is 348 g/mol. The molecule has 0 aliphatic carbocycles. The van der Waals surface area contributed by atoms with Crippen molar-refractivity contribution in [3.63, 3.8) is 0 Å². The normalized spacial score (nSPS) is 20.2. The number of carbonyl (C=O) groups excluding carboxylic acids is 1. The van der Waals surface area contributed by atoms with Gasteiger partial charge in [0.05, 0.1) is 5.54 Å². The van der Waals surface area contributed by atoms with Crippen molar-refractivity contribution < 1.29 is 18.3 Å². The first-order chi connectivity index (χ1) is 10.5. The Labute approximate surface area is 141 Å². The van der Waals surface area contributed by atoms with E-state index >= 15 is 0 Å². The molecule has 0 aromatic heterocycles. The van der Waals surface area contributed by atoms with Crippen molar-refractivity contribution in [3.8, 4) is 5.75 Å². The van der Waals surface area contributed by atoms with E-state index in [1.165, 1.54) is 12.1 Å². The number of nitrogens with one attached hydrogen (secondary N) is 1. The summed E-state index contributed by atoms with van der Waals surface area (Å²) < 4.78 is 28.5. The number of carbonyl (C=O) groups is 1. The lowest BCUT2D eigenvalue weighted by molar-refractivity contribution is -0.137. The molecule has 1 unspecified atom stereocenters. The summed E-state index contributed by atoms with van der Waals surface area (Å²) in [6, 6.07) is 6.37. The number of amides is 1. The minimum Gasteiger partial charge on any atom is -0.435 e. The lowest BCUT2D eigenvalue weighted by Crippen LogP contribution is -2.53. The highest BCUT2D eigenvalue weighted by Gasteiger charge is 2.40. The van der Waals surface area contributed by atoms with Crippen LogP contribution in [0.15, 0.2) is 24.3 Å². The van der Waals surface area contributed by atoms with Gasteiger partial charge in [-0.25, -0.2) is 0 Å². The fourth-order valence-electron chi connectivity index (χ4n) is 2.93. The molecule has 1 atom stereocenters. The number of alkyl halides is 2. The van der Waals surface area contributed by atoms with Crippen LogP contribution in [-0.4, -0.2) is 36.5 Å². The van der Waals surface area contributed by atoms with Crippen molar-refractivity contribution in [3.05, 3.63) is 29.8 Å². The van der Waals surface area contributed by atoms with Crippen molar-refractivity contribution in [2.45, 2.75) is 44.9 Å². The maximum Gasteiger partial charge on any atom is 0.387 e. The van der Waals surface area contributed by atoms with E-state index in [9.17, 15) is 13.6 Å². The zero-order valence-corrected chi connectivity index (χ0v) is 14.2. The van der Waals surface area contributed by atoms with Crippen molar-refractivity contribution in [1.82, 2.24) is 10.2 Å². The molecule has 1 N–H and O–H groups in total. The molecule has 1 aromatic carbocycles. The number of likely N-dealkylation sites (N-methyl/N-ethyl adjacent to an activating group) is 1. The van der Waals surface area contributed by atoms with Crippen molar-refractivity contribution in [2.75, 3.05) is 13.6 Å². The minimum atomic E-state index is -2.83. The third kappa shape index (κ3) is 4.78. The first-order valence-electron chi connectivity index (χ1n) is 7.51. The lowest BCUT2D eigenvalue weighted by Gasteiger charge is -2.32. The standard InChI is InChI=1S/C16H22F2N2O2.ClH/c1-3-16(9-4-10-19-16)14(21)20(2)11-12-5-7-13(8-6-12)22-15(17)18;/h5-8,15,19H,3-4,9-11H2,1-2H3;1H. The average molecular weight is 349 g/mol. The van der Waals surface area contributed by atoms with Gasteiger partial charge in [-0.1, -0.05) is 19.1 Å². The molecule has 7 heteroatoms. The van der Waals surface area contributed by atoms with Gasteiger partial charge in [0, 0.05) is 13.6 Å². The lowest BCUT2D eigenvalue weighted by atomic mass is 9.92. The van der Waals surface area contributed by atoms with Crippen LogP contribution >= 0.6 is 12.4 Å². The molecule has 1 heterocycles. The molecule has 2 rings (SSSR count). The van der Waals surface area contributed by atoms with Gasteiger partial charge in [-0.05, 0) is 43.5 Å². The minimum absolute atomic E-state index is 0. The summed E-state index contributed by atoms with van der Waals surface area (Å²) in [7, 11) is 1.77. The van der Waals surface area contributed by atoms with E-state index in [4.69, 9.17) is 0 Å². The summed E-state index contributed by atoms with van der Waals surface area (Å²) in [5, 5.41) is 3.32. The summed E-state index contributed by atoms with van der Waals surface area (Å²) in [6.45, 7) is 0.498. The van der Waals surface area contributed by atoms with Crippen LogP contribution in [-0.2, 0) is 11.3 Å². The number of rotatable bonds is 6. The van der Waals surface area contributed by atoms with Gasteiger partial charge in [-0.2, -0.15) is 8.78 Å². The van der Waals surface area contributed by atoms with Crippen LogP contribution in [0, 0.1) is 0 Å². The zero-order valence-electron chi connectivity index (χ0n) is 13.4. The van der Waals surface area contributed by atoms with Gasteiger partial charge in [0.2, 0.25) is 5.91 Å². The average Bonchev–Trinajstić information content (AvgIpc) is 2.98. The zero-order chi connectivity index (χ0) is 16.2. The number of benzene rings is 1. The molecule has 4 nitrogen and oxygen atoms in total. The third-order valence-corrected chi connectivity index (χ3v) is 4.17. The van der Waals surface area contributed by atoms with Gasteiger partial charge in [0.1, 0.15) is 5.75 Å². The van der Waals surface area contributed by atoms with Crippen LogP contribution in [0.5, 0.6) is 5.75 Å². The summed E-state index contributed by atoms with van der Waals surface area (Å²) in [6.07, 6.45) is 2.62. The first kappa shape index (κ1) is 19.6. The Morgan fingerprint density at radius 1 is 1.39 bits per heavy atom. The maximum absolute atomic E-state index is 12.7. The van der Waals surface area contributed by atoms with Gasteiger partial charge in [-0.3, -0.25) is 4.79 Å². The second-order valence-electron chi connectivity index (χ2n) is 5.65. The summed E-state index contributed by atoms with van der Waals surface area (Å²) >= 11 is 0. The smallest absolute Gasteiger partial charge is 0.387 e. The largest absolute Gasteiger partial charge is 0.435 e. The third-order valence-electron chi connectivity index (χ3n) is 4.17. The van der Waals surface area contributed by atoms with Crippen LogP contribution in [0.25, 0.3) is 0 Å². The highest BCUT2D eigenvalue weighted by atomic mass is 35.5. The van der Waals surface area contributed by atoms with Crippen LogP contribution in [0.3, 0.4) is 0 Å². The molecule has 1 aliphatic rings. The van der Waals surface area contributed by atoms with E-state index in [-0.39, 0.29) is 24.1 Å². The van der Waals surface area contributed by atoms with E-state index < -0.39 is 12.2 Å². The number of ether oxygens (including phenoxy) is 1. The Morgan fingerprint density at radius 2 is 2.04 bits per heavy atom. The molecule has 0 bridgehead atoms. The molecule has 1 saturated heterocycles. The predicted octanol–water partition coefficient (Wildman–Crippen LogP) is 3.20. The molecular weight excluding hydrogens is 326 g/mol. The highest BCUT2D eigenvalue weighted by molar-refractivity contribution is 5.86. The van der Waals surface area contributed by atoms with Crippen molar-refractivity contribution in [1.29, 1.82) is 0 Å². The number of hydrogen-bond acceptors (Lipinski definition) is 3. The molecule has 130 valence electrons. The second-order valence-corrected chi connectivity index (χ2v) is 5.65. The van der Waals surface area contributed by atoms with Gasteiger partial charge in [0.25, 0.3) is 0 Å². The molecule has 0 radical (unpaired) electrons. The van der Waals surface area contributed by atoms with Crippen LogP contribution in [0.1, 0.15) is 31.7 Å². The predicted molar refractivity (Wildman–Crippen MR) is 87.1 cm³/mol. The molecule has 1 fully saturated rings. The molecule has 0 spiro atoms. The van der Waals surface area contributed by atoms with E-state index in [1.807, 2.05) is 6.92 Å². The Balaban J connectivity index is 0.00000264. The van der Waals surface area contributed by atoms with Gasteiger partial charge >= 0.3 is 6.61 Å². The van der Waals surface area contributed by atoms with Crippen LogP contribution in [0.4, 0.5) is 8.78 Å². The van der Waals surface area contributed by atoms with Gasteiger partial charge in [-0.15, -0.1) is 12.4 Å². The maximum atomic E-state index is 12.7. The number of halogens is 3. The quantitative estimate of drug-likeness (QED) is 0.858.